The number of ether oxygens (including phenoxy) is 3. The number of benzene rings is 2. The number of aliphatic hydroxyl groups excluding tert-OH is 4. The molecule has 10 N–H and O–H groups in total. The summed E-state index contributed by atoms with van der Waals surface area (Å²) < 4.78 is 16.7. The second kappa shape index (κ2) is 8.62. The van der Waals surface area contributed by atoms with Gasteiger partial charge in [0.2, 0.25) is 12.0 Å². The van der Waals surface area contributed by atoms with Crippen LogP contribution in [-0.4, -0.2) is 88.4 Å². The number of phenols is 6. The van der Waals surface area contributed by atoms with E-state index < -0.39 is 77.9 Å². The molecule has 1 unspecified atom stereocenters. The van der Waals surface area contributed by atoms with Crippen LogP contribution in [0.4, 0.5) is 0 Å². The van der Waals surface area contributed by atoms with E-state index in [-0.39, 0.29) is 22.6 Å². The van der Waals surface area contributed by atoms with Crippen molar-refractivity contribution in [3.05, 3.63) is 35.1 Å². The molecule has 13 nitrogen and oxygen atoms in total. The lowest BCUT2D eigenvalue weighted by Gasteiger charge is -2.41. The van der Waals surface area contributed by atoms with Gasteiger partial charge < -0.3 is 65.3 Å². The van der Waals surface area contributed by atoms with Crippen LogP contribution in [0.2, 0.25) is 0 Å². The predicted octanol–water partition coefficient (Wildman–Crippen LogP) is -0.789. The van der Waals surface area contributed by atoms with Crippen molar-refractivity contribution in [3.8, 4) is 40.2 Å². The van der Waals surface area contributed by atoms with Crippen LogP contribution in [0.15, 0.2) is 24.0 Å². The zero-order valence-corrected chi connectivity index (χ0v) is 17.2. The third kappa shape index (κ3) is 3.85. The lowest BCUT2D eigenvalue weighted by atomic mass is 9.98. The summed E-state index contributed by atoms with van der Waals surface area (Å²) in [4.78, 5) is 0. The molecule has 2 aromatic carbocycles. The third-order valence-corrected chi connectivity index (χ3v) is 5.54. The molecule has 1 saturated heterocycles. The molecule has 0 bridgehead atoms. The molecule has 2 aliphatic heterocycles. The van der Waals surface area contributed by atoms with Gasteiger partial charge in [-0.1, -0.05) is 0 Å². The first-order valence-corrected chi connectivity index (χ1v) is 9.91. The number of phenolic OH excluding ortho intramolecular Hbond substituents is 6. The molecule has 2 aromatic rings. The van der Waals surface area contributed by atoms with Gasteiger partial charge in [0.1, 0.15) is 35.9 Å². The van der Waals surface area contributed by atoms with Crippen LogP contribution in [0.5, 0.6) is 40.2 Å². The second-order valence-electron chi connectivity index (χ2n) is 7.77. The largest absolute Gasteiger partial charge is 0.504 e. The second-order valence-corrected chi connectivity index (χ2v) is 7.77. The molecular weight excluding hydrogens is 460 g/mol. The number of hydrogen-bond donors (Lipinski definition) is 10. The minimum atomic E-state index is -1.80. The summed E-state index contributed by atoms with van der Waals surface area (Å²) in [5.41, 5.74) is -0.153. The van der Waals surface area contributed by atoms with Crippen molar-refractivity contribution in [3.63, 3.8) is 0 Å². The summed E-state index contributed by atoms with van der Waals surface area (Å²) in [6.45, 7) is -0.722. The molecule has 13 heteroatoms. The monoisotopic (exact) mass is 482 g/mol. The summed E-state index contributed by atoms with van der Waals surface area (Å²) in [5, 5.41) is 99.1. The summed E-state index contributed by atoms with van der Waals surface area (Å²) in [5.74, 6) is -4.98. The zero-order valence-electron chi connectivity index (χ0n) is 17.2. The molecule has 4 rings (SSSR count). The van der Waals surface area contributed by atoms with Gasteiger partial charge in [-0.2, -0.15) is 0 Å². The number of rotatable bonds is 4. The molecule has 2 heterocycles. The van der Waals surface area contributed by atoms with Crippen molar-refractivity contribution in [2.45, 2.75) is 36.8 Å². The van der Waals surface area contributed by atoms with E-state index in [0.717, 1.165) is 24.3 Å². The highest BCUT2D eigenvalue weighted by Crippen LogP contribution is 2.50. The molecule has 1 fully saturated rings. The normalized spacial score (nSPS) is 28.5. The average molecular weight is 482 g/mol. The highest BCUT2D eigenvalue weighted by atomic mass is 16.7. The number of aliphatic hydroxyl groups is 4. The van der Waals surface area contributed by atoms with Gasteiger partial charge in [-0.15, -0.1) is 0 Å². The molecule has 2 aliphatic rings. The Hall–Kier alpha value is -3.62. The number of fused-ring (bicyclic) bond motifs is 1. The van der Waals surface area contributed by atoms with Crippen molar-refractivity contribution in [1.29, 1.82) is 0 Å². The summed E-state index contributed by atoms with van der Waals surface area (Å²) in [7, 11) is 0. The maximum atomic E-state index is 10.3. The number of aromatic hydroxyl groups is 6. The Kier molecular flexibility index (Phi) is 5.97. The van der Waals surface area contributed by atoms with Crippen LogP contribution in [0, 0.1) is 0 Å². The van der Waals surface area contributed by atoms with Gasteiger partial charge in [-0.25, -0.2) is 0 Å². The Morgan fingerprint density at radius 2 is 1.38 bits per heavy atom. The minimum absolute atomic E-state index is 0.00125. The van der Waals surface area contributed by atoms with Crippen LogP contribution >= 0.6 is 0 Å². The molecule has 6 atom stereocenters. The Bertz CT molecular complexity index is 1110. The van der Waals surface area contributed by atoms with Crippen LogP contribution < -0.4 is 4.74 Å². The van der Waals surface area contributed by atoms with E-state index in [1.807, 2.05) is 0 Å². The van der Waals surface area contributed by atoms with Gasteiger partial charge in [0.25, 0.3) is 0 Å². The summed E-state index contributed by atoms with van der Waals surface area (Å²) >= 11 is 0. The Balaban J connectivity index is 1.79. The van der Waals surface area contributed by atoms with Crippen LogP contribution in [0.3, 0.4) is 0 Å². The van der Waals surface area contributed by atoms with Gasteiger partial charge in [0.05, 0.1) is 12.2 Å². The van der Waals surface area contributed by atoms with Crippen LogP contribution in [0.1, 0.15) is 17.2 Å². The fraction of sp³-hybridized carbons (Fsp3) is 0.333. The summed E-state index contributed by atoms with van der Waals surface area (Å²) in [6.07, 6.45) is -8.38. The van der Waals surface area contributed by atoms with E-state index in [1.54, 1.807) is 0 Å². The van der Waals surface area contributed by atoms with Gasteiger partial charge in [-0.3, -0.25) is 0 Å². The van der Waals surface area contributed by atoms with E-state index in [2.05, 4.69) is 0 Å². The number of hydrogen-bond acceptors (Lipinski definition) is 13. The molecule has 0 amide bonds. The molecule has 0 radical (unpaired) electrons. The average Bonchev–Trinajstić information content (AvgIpc) is 2.81. The van der Waals surface area contributed by atoms with Crippen molar-refractivity contribution in [1.82, 2.24) is 0 Å². The first-order chi connectivity index (χ1) is 16.0. The SMILES string of the molecule is OC[C@H]1O[C@@H](OC2=Cc3c(cc(O)c(O)c3O)OC2c2cc(O)c(O)c(O)c2)[C@H](O)[C@@H](O)[C@@H]1O. The Morgan fingerprint density at radius 3 is 2.00 bits per heavy atom. The van der Waals surface area contributed by atoms with E-state index in [0.29, 0.717) is 0 Å². The summed E-state index contributed by atoms with van der Waals surface area (Å²) in [6, 6.07) is 3.03. The van der Waals surface area contributed by atoms with E-state index in [9.17, 15) is 51.1 Å². The maximum Gasteiger partial charge on any atom is 0.228 e. The van der Waals surface area contributed by atoms with Crippen molar-refractivity contribution in [2.75, 3.05) is 6.61 Å². The first-order valence-electron chi connectivity index (χ1n) is 9.91. The smallest absolute Gasteiger partial charge is 0.228 e. The molecular formula is C21H22O13. The fourth-order valence-electron chi connectivity index (χ4n) is 3.68. The highest BCUT2D eigenvalue weighted by Gasteiger charge is 2.46. The van der Waals surface area contributed by atoms with Crippen molar-refractivity contribution >= 4 is 6.08 Å². The molecule has 0 aliphatic carbocycles. The highest BCUT2D eigenvalue weighted by molar-refractivity contribution is 5.74. The topological polar surface area (TPSA) is 230 Å². The third-order valence-electron chi connectivity index (χ3n) is 5.54. The predicted molar refractivity (Wildman–Crippen MR) is 109 cm³/mol. The molecule has 0 spiro atoms. The minimum Gasteiger partial charge on any atom is -0.504 e. The first kappa shape index (κ1) is 23.5. The van der Waals surface area contributed by atoms with Crippen molar-refractivity contribution < 1.29 is 65.3 Å². The van der Waals surface area contributed by atoms with Crippen LogP contribution in [0.25, 0.3) is 6.08 Å². The van der Waals surface area contributed by atoms with Crippen LogP contribution in [-0.2, 0) is 9.47 Å². The quantitative estimate of drug-likeness (QED) is 0.241. The Labute approximate surface area is 190 Å². The zero-order chi connectivity index (χ0) is 24.9. The molecule has 34 heavy (non-hydrogen) atoms. The van der Waals surface area contributed by atoms with E-state index >= 15 is 0 Å². The molecule has 184 valence electrons. The van der Waals surface area contributed by atoms with Crippen molar-refractivity contribution in [2.24, 2.45) is 0 Å². The molecule has 0 saturated carbocycles. The standard InChI is InChI=1S/C21H22O13/c22-5-13-17(29)18(30)19(31)21(34-13)33-12-3-7-11(4-10(25)16(28)14(7)26)32-20(12)6-1-8(23)15(27)9(24)2-6/h1-4,13,17-31H,5H2/t13-,17-,18+,19-,20?,21-/m1/s1. The lowest BCUT2D eigenvalue weighted by Crippen LogP contribution is -2.59. The van der Waals surface area contributed by atoms with Gasteiger partial charge in [0, 0.05) is 11.6 Å². The fourth-order valence-corrected chi connectivity index (χ4v) is 3.68. The van der Waals surface area contributed by atoms with Gasteiger partial charge >= 0.3 is 0 Å². The van der Waals surface area contributed by atoms with E-state index in [1.165, 1.54) is 0 Å². The lowest BCUT2D eigenvalue weighted by molar-refractivity contribution is -0.293. The van der Waals surface area contributed by atoms with Gasteiger partial charge in [-0.05, 0) is 18.2 Å². The Morgan fingerprint density at radius 1 is 0.765 bits per heavy atom. The van der Waals surface area contributed by atoms with E-state index in [4.69, 9.17) is 14.2 Å². The molecule has 0 aromatic heterocycles. The maximum absolute atomic E-state index is 10.3. The van der Waals surface area contributed by atoms with Gasteiger partial charge in [0.15, 0.2) is 34.9 Å².